The molecule has 1 aliphatic rings. The predicted octanol–water partition coefficient (Wildman–Crippen LogP) is 4.64. The highest BCUT2D eigenvalue weighted by molar-refractivity contribution is 6.27. The predicted molar refractivity (Wildman–Crippen MR) is 114 cm³/mol. The molecule has 5 rings (SSSR count). The summed E-state index contributed by atoms with van der Waals surface area (Å²) in [5, 5.41) is 13.0. The summed E-state index contributed by atoms with van der Waals surface area (Å²) in [6.45, 7) is 0.156. The molecule has 0 bridgehead atoms. The summed E-state index contributed by atoms with van der Waals surface area (Å²) < 4.78 is 0. The zero-order valence-electron chi connectivity index (χ0n) is 15.8. The van der Waals surface area contributed by atoms with Gasteiger partial charge in [0.1, 0.15) is 0 Å². The smallest absolute Gasteiger partial charge is 0.261 e. The quantitative estimate of drug-likeness (QED) is 0.524. The Kier molecular flexibility index (Phi) is 4.14. The zero-order chi connectivity index (χ0) is 20.0. The summed E-state index contributed by atoms with van der Waals surface area (Å²) >= 11 is 0. The van der Waals surface area contributed by atoms with Crippen molar-refractivity contribution in [3.63, 3.8) is 0 Å². The molecule has 0 aliphatic carbocycles. The molecule has 0 fully saturated rings. The van der Waals surface area contributed by atoms with E-state index >= 15 is 0 Å². The summed E-state index contributed by atoms with van der Waals surface area (Å²) in [4.78, 5) is 27.2. The molecule has 0 atom stereocenters. The first-order valence-electron chi connectivity index (χ1n) is 9.71. The fourth-order valence-corrected chi connectivity index (χ4v) is 4.27. The van der Waals surface area contributed by atoms with Crippen LogP contribution in [-0.2, 0) is 0 Å². The third-order valence-electron chi connectivity index (χ3n) is 5.61. The first-order valence-corrected chi connectivity index (χ1v) is 9.71. The second kappa shape index (κ2) is 6.83. The molecule has 0 radical (unpaired) electrons. The van der Waals surface area contributed by atoms with Crippen molar-refractivity contribution in [3.05, 3.63) is 83.9 Å². The van der Waals surface area contributed by atoms with Crippen LogP contribution < -0.4 is 0 Å². The number of fused-ring (bicyclic) bond motifs is 1. The van der Waals surface area contributed by atoms with Gasteiger partial charge in [0.05, 0.1) is 0 Å². The van der Waals surface area contributed by atoms with Gasteiger partial charge in [-0.05, 0) is 45.8 Å². The normalized spacial score (nSPS) is 13.5. The number of carbonyl (C=O) groups excluding carboxylic acids is 2. The molecular weight excluding hydrogens is 362 g/mol. The second-order valence-corrected chi connectivity index (χ2v) is 7.25. The molecule has 1 heterocycles. The van der Waals surface area contributed by atoms with E-state index in [4.69, 9.17) is 5.11 Å². The first kappa shape index (κ1) is 17.6. The fraction of sp³-hybridized carbons (Fsp3) is 0.120. The maximum absolute atomic E-state index is 13.0. The molecule has 1 aliphatic heterocycles. The molecule has 0 unspecified atom stereocenters. The van der Waals surface area contributed by atoms with E-state index in [0.717, 1.165) is 27.3 Å². The van der Waals surface area contributed by atoms with Gasteiger partial charge in [-0.2, -0.15) is 0 Å². The van der Waals surface area contributed by atoms with Crippen molar-refractivity contribution in [2.24, 2.45) is 0 Å². The minimum atomic E-state index is -0.295. The summed E-state index contributed by atoms with van der Waals surface area (Å²) in [5.41, 5.74) is 3.16. The van der Waals surface area contributed by atoms with Crippen molar-refractivity contribution in [1.29, 1.82) is 0 Å². The van der Waals surface area contributed by atoms with Crippen LogP contribution >= 0.6 is 0 Å². The lowest BCUT2D eigenvalue weighted by molar-refractivity contribution is 0.0601. The van der Waals surface area contributed by atoms with Crippen LogP contribution in [0.15, 0.2) is 72.8 Å². The standard InChI is InChI=1S/C25H19NO3/c27-15-5-14-26-24(28)21-11-4-10-20-19(12-13-22(23(20)21)25(26)29)18-9-3-7-16-6-1-2-8-17(16)18/h1-4,6-13,27H,5,14-15H2. The number of hydrogen-bond acceptors (Lipinski definition) is 3. The van der Waals surface area contributed by atoms with Crippen LogP contribution in [0, 0.1) is 0 Å². The van der Waals surface area contributed by atoms with Gasteiger partial charge in [-0.25, -0.2) is 0 Å². The number of carbonyl (C=O) groups is 2. The first-order chi connectivity index (χ1) is 14.2. The molecule has 4 aromatic rings. The minimum absolute atomic E-state index is 0.0614. The Labute approximate surface area is 168 Å². The van der Waals surface area contributed by atoms with Crippen LogP contribution in [0.5, 0.6) is 0 Å². The van der Waals surface area contributed by atoms with E-state index in [2.05, 4.69) is 24.3 Å². The molecule has 0 saturated heterocycles. The highest BCUT2D eigenvalue weighted by atomic mass is 16.3. The van der Waals surface area contributed by atoms with Gasteiger partial charge in [0.2, 0.25) is 0 Å². The number of aliphatic hydroxyl groups excluding tert-OH is 1. The average molecular weight is 381 g/mol. The van der Waals surface area contributed by atoms with Crippen LogP contribution in [-0.4, -0.2) is 35.0 Å². The Bertz CT molecular complexity index is 1260. The zero-order valence-corrected chi connectivity index (χ0v) is 15.8. The Hall–Kier alpha value is -3.50. The largest absolute Gasteiger partial charge is 0.396 e. The summed E-state index contributed by atoms with van der Waals surface area (Å²) in [6, 6.07) is 23.8. The molecular formula is C25H19NO3. The van der Waals surface area contributed by atoms with Crippen LogP contribution in [0.1, 0.15) is 27.1 Å². The molecule has 4 aromatic carbocycles. The molecule has 1 N–H and O–H groups in total. The van der Waals surface area contributed by atoms with Crippen molar-refractivity contribution >= 4 is 33.4 Å². The van der Waals surface area contributed by atoms with E-state index in [9.17, 15) is 9.59 Å². The van der Waals surface area contributed by atoms with E-state index in [0.29, 0.717) is 22.9 Å². The lowest BCUT2D eigenvalue weighted by Crippen LogP contribution is -2.41. The second-order valence-electron chi connectivity index (χ2n) is 7.25. The SMILES string of the molecule is O=C1c2cccc3c(-c4cccc5ccccc45)ccc(c23)C(=O)N1CCCO. The molecule has 0 saturated carbocycles. The Morgan fingerprint density at radius 2 is 1.24 bits per heavy atom. The molecule has 0 spiro atoms. The van der Waals surface area contributed by atoms with Gasteiger partial charge in [0.25, 0.3) is 11.8 Å². The number of nitrogens with zero attached hydrogens (tertiary/aromatic N) is 1. The third-order valence-corrected chi connectivity index (χ3v) is 5.61. The number of amides is 2. The minimum Gasteiger partial charge on any atom is -0.396 e. The van der Waals surface area contributed by atoms with Gasteiger partial charge < -0.3 is 5.11 Å². The Balaban J connectivity index is 1.77. The fourth-order valence-electron chi connectivity index (χ4n) is 4.27. The Morgan fingerprint density at radius 3 is 2.07 bits per heavy atom. The van der Waals surface area contributed by atoms with Crippen molar-refractivity contribution in [2.75, 3.05) is 13.2 Å². The summed E-state index contributed by atoms with van der Waals surface area (Å²) in [6.07, 6.45) is 0.372. The van der Waals surface area contributed by atoms with Gasteiger partial charge in [-0.1, -0.05) is 60.7 Å². The number of imide groups is 1. The van der Waals surface area contributed by atoms with Gasteiger partial charge in [-0.15, -0.1) is 0 Å². The van der Waals surface area contributed by atoms with E-state index in [1.54, 1.807) is 6.07 Å². The Morgan fingerprint density at radius 1 is 0.655 bits per heavy atom. The van der Waals surface area contributed by atoms with E-state index in [-0.39, 0.29) is 25.0 Å². The van der Waals surface area contributed by atoms with Gasteiger partial charge in [0, 0.05) is 29.7 Å². The van der Waals surface area contributed by atoms with Gasteiger partial charge in [0.15, 0.2) is 0 Å². The molecule has 4 nitrogen and oxygen atoms in total. The lowest BCUT2D eigenvalue weighted by Gasteiger charge is -2.27. The topological polar surface area (TPSA) is 57.6 Å². The van der Waals surface area contributed by atoms with Crippen LogP contribution in [0.3, 0.4) is 0 Å². The number of hydrogen-bond donors (Lipinski definition) is 1. The molecule has 4 heteroatoms. The maximum Gasteiger partial charge on any atom is 0.261 e. The summed E-state index contributed by atoms with van der Waals surface area (Å²) in [5.74, 6) is -0.590. The van der Waals surface area contributed by atoms with Crippen molar-refractivity contribution in [1.82, 2.24) is 4.90 Å². The summed E-state index contributed by atoms with van der Waals surface area (Å²) in [7, 11) is 0. The number of rotatable bonds is 4. The van der Waals surface area contributed by atoms with E-state index < -0.39 is 0 Å². The molecule has 0 aromatic heterocycles. The van der Waals surface area contributed by atoms with Gasteiger partial charge >= 0.3 is 0 Å². The third kappa shape index (κ3) is 2.64. The van der Waals surface area contributed by atoms with Crippen molar-refractivity contribution < 1.29 is 14.7 Å². The number of aliphatic hydroxyl groups is 1. The number of benzene rings is 4. The molecule has 2 amide bonds. The average Bonchev–Trinajstić information content (AvgIpc) is 2.77. The van der Waals surface area contributed by atoms with E-state index in [1.807, 2.05) is 42.5 Å². The monoisotopic (exact) mass is 381 g/mol. The molecule has 29 heavy (non-hydrogen) atoms. The highest BCUT2D eigenvalue weighted by Crippen LogP contribution is 2.38. The highest BCUT2D eigenvalue weighted by Gasteiger charge is 2.33. The van der Waals surface area contributed by atoms with Crippen LogP contribution in [0.4, 0.5) is 0 Å². The van der Waals surface area contributed by atoms with Crippen molar-refractivity contribution in [2.45, 2.75) is 6.42 Å². The molecule has 142 valence electrons. The van der Waals surface area contributed by atoms with Gasteiger partial charge in [-0.3, -0.25) is 14.5 Å². The maximum atomic E-state index is 13.0. The van der Waals surface area contributed by atoms with Crippen LogP contribution in [0.2, 0.25) is 0 Å². The van der Waals surface area contributed by atoms with Crippen LogP contribution in [0.25, 0.3) is 32.7 Å². The van der Waals surface area contributed by atoms with Crippen molar-refractivity contribution in [3.8, 4) is 11.1 Å². The van der Waals surface area contributed by atoms with E-state index in [1.165, 1.54) is 4.90 Å². The lowest BCUT2D eigenvalue weighted by atomic mass is 9.87.